The molecule has 40 heavy (non-hydrogen) atoms. The summed E-state index contributed by atoms with van der Waals surface area (Å²) in [5.41, 5.74) is 1.85. The molecule has 3 aromatic carbocycles. The lowest BCUT2D eigenvalue weighted by molar-refractivity contribution is -0.140. The molecule has 0 saturated heterocycles. The number of hydrogen-bond donors (Lipinski definition) is 1. The lowest BCUT2D eigenvalue weighted by Crippen LogP contribution is -2.52. The summed E-state index contributed by atoms with van der Waals surface area (Å²) in [5.74, 6) is -1.42. The van der Waals surface area contributed by atoms with Gasteiger partial charge in [0.25, 0.3) is 10.0 Å². The molecule has 0 aliphatic heterocycles. The first-order valence-corrected chi connectivity index (χ1v) is 14.9. The standard InChI is InChI=1S/C30H35ClFN3O4S/c1-5-28(30(37)33-18-21(2)3)34(19-23-13-11-22(4)12-14-23)29(36)20-35(24-15-16-27(32)26(31)17-24)40(38,39)25-9-7-6-8-10-25/h6-17,21,28H,5,18-20H2,1-4H3,(H,33,37)/t28-/m1/s1. The number of nitrogens with one attached hydrogen (secondary N) is 1. The second kappa shape index (κ2) is 13.8. The number of nitrogens with zero attached hydrogens (tertiary/aromatic N) is 2. The van der Waals surface area contributed by atoms with Crippen molar-refractivity contribution < 1.29 is 22.4 Å². The summed E-state index contributed by atoms with van der Waals surface area (Å²) in [6, 6.07) is 17.8. The van der Waals surface area contributed by atoms with Crippen LogP contribution in [0.3, 0.4) is 0 Å². The number of rotatable bonds is 12. The monoisotopic (exact) mass is 587 g/mol. The maximum Gasteiger partial charge on any atom is 0.264 e. The molecule has 0 bridgehead atoms. The van der Waals surface area contributed by atoms with Crippen LogP contribution in [0.2, 0.25) is 5.02 Å². The maximum absolute atomic E-state index is 14.0. The summed E-state index contributed by atoms with van der Waals surface area (Å²) in [6.45, 7) is 7.58. The van der Waals surface area contributed by atoms with Crippen molar-refractivity contribution in [1.29, 1.82) is 0 Å². The fourth-order valence-corrected chi connectivity index (χ4v) is 5.72. The SMILES string of the molecule is CC[C@H](C(=O)NCC(C)C)N(Cc1ccc(C)cc1)C(=O)CN(c1ccc(F)c(Cl)c1)S(=O)(=O)c1ccccc1. The van der Waals surface area contributed by atoms with Gasteiger partial charge >= 0.3 is 0 Å². The van der Waals surface area contributed by atoms with Gasteiger partial charge in [-0.1, -0.05) is 80.4 Å². The summed E-state index contributed by atoms with van der Waals surface area (Å²) < 4.78 is 42.4. The number of carbonyl (C=O) groups is 2. The smallest absolute Gasteiger partial charge is 0.264 e. The predicted molar refractivity (Wildman–Crippen MR) is 156 cm³/mol. The molecule has 3 aromatic rings. The van der Waals surface area contributed by atoms with Crippen molar-refractivity contribution in [3.63, 3.8) is 0 Å². The Labute approximate surface area is 241 Å². The third-order valence-corrected chi connectivity index (χ3v) is 8.42. The van der Waals surface area contributed by atoms with Crippen LogP contribution in [-0.2, 0) is 26.2 Å². The molecule has 0 radical (unpaired) electrons. The Morgan fingerprint density at radius 2 is 1.65 bits per heavy atom. The average Bonchev–Trinajstić information content (AvgIpc) is 2.93. The molecule has 1 N–H and O–H groups in total. The quantitative estimate of drug-likeness (QED) is 0.300. The number of hydrogen-bond acceptors (Lipinski definition) is 4. The first kappa shape index (κ1) is 31.1. The zero-order valence-corrected chi connectivity index (χ0v) is 24.7. The van der Waals surface area contributed by atoms with E-state index in [2.05, 4.69) is 5.32 Å². The van der Waals surface area contributed by atoms with Crippen molar-refractivity contribution in [2.45, 2.75) is 51.6 Å². The van der Waals surface area contributed by atoms with Crippen LogP contribution >= 0.6 is 11.6 Å². The minimum Gasteiger partial charge on any atom is -0.354 e. The maximum atomic E-state index is 14.0. The van der Waals surface area contributed by atoms with Crippen molar-refractivity contribution >= 4 is 39.1 Å². The molecule has 0 spiro atoms. The van der Waals surface area contributed by atoms with Crippen molar-refractivity contribution in [2.75, 3.05) is 17.4 Å². The lowest BCUT2D eigenvalue weighted by Gasteiger charge is -2.33. The van der Waals surface area contributed by atoms with E-state index in [1.165, 1.54) is 29.2 Å². The third kappa shape index (κ3) is 7.82. The van der Waals surface area contributed by atoms with Gasteiger partial charge in [-0.25, -0.2) is 12.8 Å². The Morgan fingerprint density at radius 3 is 2.23 bits per heavy atom. The molecule has 7 nitrogen and oxygen atoms in total. The van der Waals surface area contributed by atoms with Gasteiger partial charge in [-0.3, -0.25) is 13.9 Å². The van der Waals surface area contributed by atoms with E-state index in [1.54, 1.807) is 25.1 Å². The minimum atomic E-state index is -4.26. The Kier molecular flexibility index (Phi) is 10.7. The van der Waals surface area contributed by atoms with Crippen LogP contribution in [0.25, 0.3) is 0 Å². The molecule has 214 valence electrons. The van der Waals surface area contributed by atoms with Crippen LogP contribution in [0.5, 0.6) is 0 Å². The summed E-state index contributed by atoms with van der Waals surface area (Å²) >= 11 is 6.00. The Bertz CT molecular complexity index is 1420. The highest BCUT2D eigenvalue weighted by Gasteiger charge is 2.33. The number of carbonyl (C=O) groups excluding carboxylic acids is 2. The Hall–Kier alpha value is -3.43. The van der Waals surface area contributed by atoms with Gasteiger partial charge in [0.2, 0.25) is 11.8 Å². The molecule has 0 aliphatic carbocycles. The zero-order chi connectivity index (χ0) is 29.4. The van der Waals surface area contributed by atoms with Crippen LogP contribution < -0.4 is 9.62 Å². The molecule has 0 saturated carbocycles. The molecular weight excluding hydrogens is 553 g/mol. The van der Waals surface area contributed by atoms with Gasteiger partial charge in [0.15, 0.2) is 0 Å². The molecule has 3 rings (SSSR count). The van der Waals surface area contributed by atoms with Crippen LogP contribution in [0.15, 0.2) is 77.7 Å². The number of halogens is 2. The average molecular weight is 588 g/mol. The first-order valence-electron chi connectivity index (χ1n) is 13.1. The molecule has 10 heteroatoms. The normalized spacial score (nSPS) is 12.2. The number of sulfonamides is 1. The number of benzene rings is 3. The summed E-state index contributed by atoms with van der Waals surface area (Å²) in [7, 11) is -4.26. The van der Waals surface area contributed by atoms with Crippen molar-refractivity contribution in [3.8, 4) is 0 Å². The third-order valence-electron chi connectivity index (χ3n) is 6.35. The minimum absolute atomic E-state index is 0.0243. The summed E-state index contributed by atoms with van der Waals surface area (Å²) in [5, 5.41) is 2.61. The fourth-order valence-electron chi connectivity index (χ4n) is 4.12. The van der Waals surface area contributed by atoms with E-state index in [0.29, 0.717) is 13.0 Å². The zero-order valence-electron chi connectivity index (χ0n) is 23.1. The van der Waals surface area contributed by atoms with Gasteiger partial charge in [0.1, 0.15) is 18.4 Å². The largest absolute Gasteiger partial charge is 0.354 e. The van der Waals surface area contributed by atoms with E-state index >= 15 is 0 Å². The molecule has 1 atom stereocenters. The predicted octanol–water partition coefficient (Wildman–Crippen LogP) is 5.56. The lowest BCUT2D eigenvalue weighted by atomic mass is 10.1. The van der Waals surface area contributed by atoms with Crippen LogP contribution in [0.1, 0.15) is 38.3 Å². The van der Waals surface area contributed by atoms with Crippen LogP contribution in [0.4, 0.5) is 10.1 Å². The molecule has 0 heterocycles. The van der Waals surface area contributed by atoms with E-state index in [0.717, 1.165) is 21.5 Å². The Balaban J connectivity index is 2.05. The molecule has 0 unspecified atom stereocenters. The Morgan fingerprint density at radius 1 is 1.00 bits per heavy atom. The van der Waals surface area contributed by atoms with Gasteiger partial charge in [-0.05, 0) is 55.2 Å². The second-order valence-electron chi connectivity index (χ2n) is 9.99. The van der Waals surface area contributed by atoms with Crippen molar-refractivity contribution in [1.82, 2.24) is 10.2 Å². The molecule has 0 fully saturated rings. The van der Waals surface area contributed by atoms with Gasteiger partial charge < -0.3 is 10.2 Å². The van der Waals surface area contributed by atoms with Gasteiger partial charge in [-0.2, -0.15) is 0 Å². The summed E-state index contributed by atoms with van der Waals surface area (Å²) in [4.78, 5) is 28.6. The van der Waals surface area contributed by atoms with E-state index in [-0.39, 0.29) is 34.0 Å². The van der Waals surface area contributed by atoms with Crippen molar-refractivity contribution in [2.24, 2.45) is 5.92 Å². The number of amides is 2. The second-order valence-corrected chi connectivity index (χ2v) is 12.3. The molecule has 0 aromatic heterocycles. The fraction of sp³-hybridized carbons (Fsp3) is 0.333. The van der Waals surface area contributed by atoms with E-state index < -0.39 is 34.3 Å². The number of anilines is 1. The van der Waals surface area contributed by atoms with E-state index in [4.69, 9.17) is 11.6 Å². The number of aryl methyl sites for hydroxylation is 1. The first-order chi connectivity index (χ1) is 18.9. The van der Waals surface area contributed by atoms with E-state index in [9.17, 15) is 22.4 Å². The molecule has 0 aliphatic rings. The van der Waals surface area contributed by atoms with Gasteiger partial charge in [0.05, 0.1) is 15.6 Å². The van der Waals surface area contributed by atoms with Crippen LogP contribution in [0, 0.1) is 18.7 Å². The molecule has 2 amide bonds. The van der Waals surface area contributed by atoms with E-state index in [1.807, 2.05) is 45.0 Å². The van der Waals surface area contributed by atoms with Crippen molar-refractivity contribution in [3.05, 3.63) is 94.8 Å². The summed E-state index contributed by atoms with van der Waals surface area (Å²) in [6.07, 6.45) is 0.315. The van der Waals surface area contributed by atoms with Gasteiger partial charge in [0, 0.05) is 13.1 Å². The van der Waals surface area contributed by atoms with Crippen LogP contribution in [-0.4, -0.2) is 44.3 Å². The highest BCUT2D eigenvalue weighted by molar-refractivity contribution is 7.92. The van der Waals surface area contributed by atoms with Gasteiger partial charge in [-0.15, -0.1) is 0 Å². The highest BCUT2D eigenvalue weighted by atomic mass is 35.5. The highest BCUT2D eigenvalue weighted by Crippen LogP contribution is 2.28. The molecular formula is C30H35ClFN3O4S. The topological polar surface area (TPSA) is 86.8 Å².